The first-order valence-corrected chi connectivity index (χ1v) is 9.74. The van der Waals surface area contributed by atoms with Crippen LogP contribution in [0.4, 0.5) is 0 Å². The van der Waals surface area contributed by atoms with Crippen molar-refractivity contribution in [2.24, 2.45) is 5.73 Å². The highest BCUT2D eigenvalue weighted by atomic mass is 16.7. The predicted molar refractivity (Wildman–Crippen MR) is 114 cm³/mol. The van der Waals surface area contributed by atoms with Crippen molar-refractivity contribution in [3.8, 4) is 5.75 Å². The van der Waals surface area contributed by atoms with Gasteiger partial charge in [0.05, 0.1) is 19.1 Å². The van der Waals surface area contributed by atoms with Gasteiger partial charge in [-0.05, 0) is 36.8 Å². The molecular weight excluding hydrogens is 384 g/mol. The summed E-state index contributed by atoms with van der Waals surface area (Å²) in [5.41, 5.74) is 9.43. The van der Waals surface area contributed by atoms with E-state index in [-0.39, 0.29) is 31.0 Å². The summed E-state index contributed by atoms with van der Waals surface area (Å²) < 4.78 is 13.0. The highest BCUT2D eigenvalue weighted by Gasteiger charge is 2.20. The van der Waals surface area contributed by atoms with E-state index >= 15 is 0 Å². The third kappa shape index (κ3) is 5.51. The number of carbonyl (C=O) groups is 1. The standard InChI is InChI=1S/C22H26N4O4/c1-2-28-21(27)15-20(16-6-4-3-5-7-16)26-11-10-17-14-18(8-9-19(17)26)29-12-13-30-25-22(23)24/h3-11,14,20H,2,12-13,15H2,1H3,(H4,23,24,25). The second-order valence-corrected chi connectivity index (χ2v) is 6.59. The molecule has 158 valence electrons. The van der Waals surface area contributed by atoms with E-state index in [1.807, 2.05) is 67.7 Å². The zero-order valence-electron chi connectivity index (χ0n) is 16.8. The number of nitrogens with two attached hydrogens (primary N) is 1. The first-order valence-electron chi connectivity index (χ1n) is 9.74. The number of nitrogens with zero attached hydrogens (tertiary/aromatic N) is 1. The molecule has 4 N–H and O–H groups in total. The van der Waals surface area contributed by atoms with Crippen LogP contribution in [0.3, 0.4) is 0 Å². The fourth-order valence-electron chi connectivity index (χ4n) is 3.26. The minimum absolute atomic E-state index is 0.166. The molecule has 0 aliphatic rings. The highest BCUT2D eigenvalue weighted by Crippen LogP contribution is 2.30. The number of hydrogen-bond donors (Lipinski definition) is 3. The molecule has 0 fully saturated rings. The number of hydroxylamine groups is 1. The summed E-state index contributed by atoms with van der Waals surface area (Å²) in [6.45, 7) is 2.72. The Labute approximate surface area is 175 Å². The Balaban J connectivity index is 1.77. The molecular formula is C22H26N4O4. The van der Waals surface area contributed by atoms with E-state index in [2.05, 4.69) is 10.0 Å². The topological polar surface area (TPSA) is 112 Å². The van der Waals surface area contributed by atoms with Gasteiger partial charge in [-0.1, -0.05) is 30.3 Å². The SMILES string of the molecule is CCOC(=O)CC(c1ccccc1)n1ccc2cc(OCCONC(=N)N)ccc21. The Kier molecular flexibility index (Phi) is 7.29. The number of aromatic nitrogens is 1. The number of carbonyl (C=O) groups excluding carboxylic acids is 1. The van der Waals surface area contributed by atoms with Gasteiger partial charge in [0.1, 0.15) is 19.0 Å². The number of guanidine groups is 1. The predicted octanol–water partition coefficient (Wildman–Crippen LogP) is 2.98. The maximum Gasteiger partial charge on any atom is 0.308 e. The number of benzene rings is 2. The normalized spacial score (nSPS) is 11.8. The lowest BCUT2D eigenvalue weighted by Crippen LogP contribution is -2.31. The van der Waals surface area contributed by atoms with Crippen LogP contribution in [-0.2, 0) is 14.4 Å². The van der Waals surface area contributed by atoms with E-state index in [1.54, 1.807) is 0 Å². The monoisotopic (exact) mass is 410 g/mol. The van der Waals surface area contributed by atoms with Gasteiger partial charge in [-0.3, -0.25) is 15.0 Å². The molecule has 1 unspecified atom stereocenters. The minimum atomic E-state index is -0.256. The van der Waals surface area contributed by atoms with E-state index in [0.717, 1.165) is 16.5 Å². The van der Waals surface area contributed by atoms with Crippen molar-refractivity contribution in [2.45, 2.75) is 19.4 Å². The number of hydrogen-bond acceptors (Lipinski definition) is 5. The van der Waals surface area contributed by atoms with Crippen LogP contribution in [0, 0.1) is 5.41 Å². The van der Waals surface area contributed by atoms with Crippen LogP contribution in [0.5, 0.6) is 5.75 Å². The summed E-state index contributed by atoms with van der Waals surface area (Å²) >= 11 is 0. The van der Waals surface area contributed by atoms with Crippen molar-refractivity contribution >= 4 is 22.8 Å². The quantitative estimate of drug-likeness (QED) is 0.156. The summed E-state index contributed by atoms with van der Waals surface area (Å²) in [7, 11) is 0. The third-order valence-corrected chi connectivity index (χ3v) is 4.51. The van der Waals surface area contributed by atoms with Gasteiger partial charge in [-0.2, -0.15) is 0 Å². The van der Waals surface area contributed by atoms with Gasteiger partial charge >= 0.3 is 5.97 Å². The fraction of sp³-hybridized carbons (Fsp3) is 0.273. The molecule has 1 atom stereocenters. The van der Waals surface area contributed by atoms with Crippen LogP contribution in [0.25, 0.3) is 10.9 Å². The lowest BCUT2D eigenvalue weighted by Gasteiger charge is -2.20. The molecule has 0 saturated heterocycles. The third-order valence-electron chi connectivity index (χ3n) is 4.51. The zero-order valence-corrected chi connectivity index (χ0v) is 16.8. The number of nitrogens with one attached hydrogen (secondary N) is 2. The van der Waals surface area contributed by atoms with Gasteiger partial charge in [0.2, 0.25) is 5.96 Å². The maximum atomic E-state index is 12.2. The van der Waals surface area contributed by atoms with Crippen LogP contribution >= 0.6 is 0 Å². The summed E-state index contributed by atoms with van der Waals surface area (Å²) in [5, 5.41) is 8.02. The van der Waals surface area contributed by atoms with Crippen molar-refractivity contribution in [2.75, 3.05) is 19.8 Å². The van der Waals surface area contributed by atoms with E-state index in [0.29, 0.717) is 19.0 Å². The van der Waals surface area contributed by atoms with Crippen molar-refractivity contribution in [1.29, 1.82) is 5.41 Å². The molecule has 1 aromatic heterocycles. The highest BCUT2D eigenvalue weighted by molar-refractivity contribution is 5.82. The second kappa shape index (κ2) is 10.3. The molecule has 8 heteroatoms. The van der Waals surface area contributed by atoms with Gasteiger partial charge in [0.25, 0.3) is 0 Å². The van der Waals surface area contributed by atoms with Gasteiger partial charge in [0, 0.05) is 17.1 Å². The zero-order chi connectivity index (χ0) is 21.3. The Morgan fingerprint density at radius 1 is 1.17 bits per heavy atom. The van der Waals surface area contributed by atoms with Crippen LogP contribution < -0.4 is 16.0 Å². The Morgan fingerprint density at radius 3 is 2.70 bits per heavy atom. The van der Waals surface area contributed by atoms with Gasteiger partial charge in [-0.25, -0.2) is 5.48 Å². The van der Waals surface area contributed by atoms with Crippen LogP contribution in [0.1, 0.15) is 24.9 Å². The van der Waals surface area contributed by atoms with Crippen molar-refractivity contribution in [1.82, 2.24) is 10.0 Å². The largest absolute Gasteiger partial charge is 0.491 e. The van der Waals surface area contributed by atoms with E-state index < -0.39 is 0 Å². The number of fused-ring (bicyclic) bond motifs is 1. The Hall–Kier alpha value is -3.52. The molecule has 3 aromatic rings. The van der Waals surface area contributed by atoms with E-state index in [9.17, 15) is 4.79 Å². The summed E-state index contributed by atoms with van der Waals surface area (Å²) in [4.78, 5) is 17.2. The minimum Gasteiger partial charge on any atom is -0.491 e. The molecule has 0 aliphatic heterocycles. The summed E-state index contributed by atoms with van der Waals surface area (Å²) in [6.07, 6.45) is 2.23. The maximum absolute atomic E-state index is 12.2. The number of ether oxygens (including phenoxy) is 2. The van der Waals surface area contributed by atoms with Crippen LogP contribution in [0.15, 0.2) is 60.8 Å². The molecule has 0 bridgehead atoms. The molecule has 2 aromatic carbocycles. The number of rotatable bonds is 10. The van der Waals surface area contributed by atoms with Crippen LogP contribution in [0.2, 0.25) is 0 Å². The fourth-order valence-corrected chi connectivity index (χ4v) is 3.26. The van der Waals surface area contributed by atoms with Crippen LogP contribution in [-0.4, -0.2) is 36.3 Å². The molecule has 0 spiro atoms. The average molecular weight is 410 g/mol. The molecule has 30 heavy (non-hydrogen) atoms. The lowest BCUT2D eigenvalue weighted by molar-refractivity contribution is -0.143. The first-order chi connectivity index (χ1) is 14.6. The Bertz CT molecular complexity index is 987. The molecule has 3 rings (SSSR count). The molecule has 0 aliphatic carbocycles. The lowest BCUT2D eigenvalue weighted by atomic mass is 10.0. The first kappa shape index (κ1) is 21.2. The molecule has 0 radical (unpaired) electrons. The van der Waals surface area contributed by atoms with Gasteiger partial charge in [0.15, 0.2) is 0 Å². The number of esters is 1. The second-order valence-electron chi connectivity index (χ2n) is 6.59. The van der Waals surface area contributed by atoms with Crippen molar-refractivity contribution in [3.05, 3.63) is 66.4 Å². The van der Waals surface area contributed by atoms with Crippen molar-refractivity contribution in [3.63, 3.8) is 0 Å². The molecule has 0 saturated carbocycles. The van der Waals surface area contributed by atoms with Crippen molar-refractivity contribution < 1.29 is 19.1 Å². The molecule has 0 amide bonds. The van der Waals surface area contributed by atoms with E-state index in [4.69, 9.17) is 25.5 Å². The molecule has 1 heterocycles. The summed E-state index contributed by atoms with van der Waals surface area (Å²) in [5.74, 6) is 0.217. The smallest absolute Gasteiger partial charge is 0.308 e. The van der Waals surface area contributed by atoms with Gasteiger partial charge < -0.3 is 19.8 Å². The summed E-state index contributed by atoms with van der Waals surface area (Å²) in [6, 6.07) is 17.5. The molecule has 8 nitrogen and oxygen atoms in total. The average Bonchev–Trinajstić information content (AvgIpc) is 3.15. The van der Waals surface area contributed by atoms with E-state index in [1.165, 1.54) is 0 Å². The van der Waals surface area contributed by atoms with Gasteiger partial charge in [-0.15, -0.1) is 0 Å². The Morgan fingerprint density at radius 2 is 1.97 bits per heavy atom.